The van der Waals surface area contributed by atoms with E-state index in [4.69, 9.17) is 27.9 Å². The second-order valence-electron chi connectivity index (χ2n) is 4.58. The molecular weight excluding hydrogens is 283 g/mol. The molecule has 0 atom stereocenters. The summed E-state index contributed by atoms with van der Waals surface area (Å²) < 4.78 is 5.65. The molecular formula is C14H12Cl2N2O. The zero-order valence-corrected chi connectivity index (χ0v) is 11.7. The number of aromatic nitrogens is 2. The van der Waals surface area contributed by atoms with Crippen molar-refractivity contribution in [2.75, 3.05) is 0 Å². The molecule has 19 heavy (non-hydrogen) atoms. The molecule has 0 spiro atoms. The number of benzene rings is 1. The zero-order valence-electron chi connectivity index (χ0n) is 10.1. The highest BCUT2D eigenvalue weighted by atomic mass is 35.5. The average molecular weight is 295 g/mol. The summed E-state index contributed by atoms with van der Waals surface area (Å²) in [6.07, 6.45) is 2.27. The summed E-state index contributed by atoms with van der Waals surface area (Å²) in [5.74, 6) is 1.77. The van der Waals surface area contributed by atoms with Gasteiger partial charge in [0.05, 0.1) is 0 Å². The van der Waals surface area contributed by atoms with Gasteiger partial charge >= 0.3 is 0 Å². The first-order valence-electron chi connectivity index (χ1n) is 6.12. The quantitative estimate of drug-likeness (QED) is 0.791. The summed E-state index contributed by atoms with van der Waals surface area (Å²) in [7, 11) is 0. The molecule has 1 fully saturated rings. The summed E-state index contributed by atoms with van der Waals surface area (Å²) in [6, 6.07) is 9.16. The number of rotatable bonds is 4. The van der Waals surface area contributed by atoms with Crippen LogP contribution in [0.25, 0.3) is 0 Å². The number of halogens is 2. The van der Waals surface area contributed by atoms with E-state index in [2.05, 4.69) is 9.97 Å². The van der Waals surface area contributed by atoms with E-state index in [1.54, 1.807) is 6.07 Å². The lowest BCUT2D eigenvalue weighted by atomic mass is 10.2. The van der Waals surface area contributed by atoms with Gasteiger partial charge in [-0.2, -0.15) is 4.98 Å². The van der Waals surface area contributed by atoms with Crippen LogP contribution in [0.4, 0.5) is 0 Å². The molecule has 0 amide bonds. The third-order valence-corrected chi connectivity index (χ3v) is 3.38. The Hall–Kier alpha value is -1.32. The van der Waals surface area contributed by atoms with E-state index in [1.807, 2.05) is 24.3 Å². The Morgan fingerprint density at radius 3 is 2.53 bits per heavy atom. The normalized spacial score (nSPS) is 14.4. The van der Waals surface area contributed by atoms with Crippen molar-refractivity contribution in [2.45, 2.75) is 25.4 Å². The van der Waals surface area contributed by atoms with E-state index in [-0.39, 0.29) is 0 Å². The lowest BCUT2D eigenvalue weighted by molar-refractivity contribution is 0.292. The smallest absolute Gasteiger partial charge is 0.218 e. The Labute approximate surface area is 121 Å². The van der Waals surface area contributed by atoms with Crippen molar-refractivity contribution in [3.8, 4) is 5.88 Å². The van der Waals surface area contributed by atoms with E-state index in [0.29, 0.717) is 28.6 Å². The van der Waals surface area contributed by atoms with Crippen LogP contribution < -0.4 is 4.74 Å². The number of hydrogen-bond acceptors (Lipinski definition) is 3. The number of hydrogen-bond donors (Lipinski definition) is 0. The molecule has 0 N–H and O–H groups in total. The minimum absolute atomic E-state index is 0.433. The summed E-state index contributed by atoms with van der Waals surface area (Å²) in [5.41, 5.74) is 1.03. The fourth-order valence-electron chi connectivity index (χ4n) is 1.75. The Balaban J connectivity index is 1.70. The van der Waals surface area contributed by atoms with Crippen LogP contribution in [0.3, 0.4) is 0 Å². The van der Waals surface area contributed by atoms with E-state index >= 15 is 0 Å². The molecule has 98 valence electrons. The van der Waals surface area contributed by atoms with Crippen molar-refractivity contribution in [2.24, 2.45) is 0 Å². The minimum atomic E-state index is 0.433. The second kappa shape index (κ2) is 5.35. The third-order valence-electron chi connectivity index (χ3n) is 2.93. The molecule has 0 unspecified atom stereocenters. The zero-order chi connectivity index (χ0) is 13.2. The molecule has 1 aliphatic rings. The van der Waals surface area contributed by atoms with E-state index in [9.17, 15) is 0 Å². The van der Waals surface area contributed by atoms with Crippen molar-refractivity contribution in [1.29, 1.82) is 0 Å². The highest BCUT2D eigenvalue weighted by Gasteiger charge is 2.27. The van der Waals surface area contributed by atoms with Crippen molar-refractivity contribution in [3.63, 3.8) is 0 Å². The maximum Gasteiger partial charge on any atom is 0.218 e. The van der Waals surface area contributed by atoms with Crippen LogP contribution in [0.1, 0.15) is 30.1 Å². The molecule has 0 saturated heterocycles. The van der Waals surface area contributed by atoms with Gasteiger partial charge in [-0.05, 0) is 30.5 Å². The largest absolute Gasteiger partial charge is 0.473 e. The Bertz CT molecular complexity index is 582. The molecule has 3 rings (SSSR count). The van der Waals surface area contributed by atoms with Gasteiger partial charge < -0.3 is 4.74 Å². The van der Waals surface area contributed by atoms with Gasteiger partial charge in [0.2, 0.25) is 5.88 Å². The van der Waals surface area contributed by atoms with Gasteiger partial charge in [0.15, 0.2) is 0 Å². The molecule has 5 heteroatoms. The van der Waals surface area contributed by atoms with Crippen molar-refractivity contribution < 1.29 is 4.74 Å². The van der Waals surface area contributed by atoms with Gasteiger partial charge in [-0.1, -0.05) is 35.3 Å². The maximum atomic E-state index is 5.98. The lowest BCUT2D eigenvalue weighted by Crippen LogP contribution is -2.00. The van der Waals surface area contributed by atoms with E-state index < -0.39 is 0 Å². The van der Waals surface area contributed by atoms with Crippen molar-refractivity contribution in [3.05, 3.63) is 51.9 Å². The molecule has 3 nitrogen and oxygen atoms in total. The summed E-state index contributed by atoms with van der Waals surface area (Å²) >= 11 is 11.8. The van der Waals surface area contributed by atoms with Crippen LogP contribution >= 0.6 is 23.2 Å². The van der Waals surface area contributed by atoms with Gasteiger partial charge in [0.1, 0.15) is 17.6 Å². The topological polar surface area (TPSA) is 35.0 Å². The van der Waals surface area contributed by atoms with Gasteiger partial charge in [0.25, 0.3) is 0 Å². The standard InChI is InChI=1S/C14H12Cl2N2O/c15-11-5-1-9(2-6-11)8-19-13-7-12(16)17-14(18-13)10-3-4-10/h1-2,5-7,10H,3-4,8H2. The van der Waals surface area contributed by atoms with Crippen molar-refractivity contribution in [1.82, 2.24) is 9.97 Å². The first-order valence-corrected chi connectivity index (χ1v) is 6.88. The summed E-state index contributed by atoms with van der Waals surface area (Å²) in [6.45, 7) is 0.439. The van der Waals surface area contributed by atoms with Crippen LogP contribution in [0.2, 0.25) is 10.2 Å². The molecule has 0 bridgehead atoms. The first-order chi connectivity index (χ1) is 9.20. The minimum Gasteiger partial charge on any atom is -0.473 e. The predicted octanol–water partition coefficient (Wildman–Crippen LogP) is 4.24. The van der Waals surface area contributed by atoms with Gasteiger partial charge in [-0.15, -0.1) is 0 Å². The van der Waals surface area contributed by atoms with Crippen LogP contribution in [-0.4, -0.2) is 9.97 Å². The highest BCUT2D eigenvalue weighted by molar-refractivity contribution is 6.30. The molecule has 2 aromatic rings. The number of nitrogens with zero attached hydrogens (tertiary/aromatic N) is 2. The van der Waals surface area contributed by atoms with Crippen LogP contribution in [0.5, 0.6) is 5.88 Å². The molecule has 1 aliphatic carbocycles. The summed E-state index contributed by atoms with van der Waals surface area (Å²) in [4.78, 5) is 8.60. The highest BCUT2D eigenvalue weighted by Crippen LogP contribution is 2.39. The monoisotopic (exact) mass is 294 g/mol. The van der Waals surface area contributed by atoms with Gasteiger partial charge in [-0.25, -0.2) is 4.98 Å². The van der Waals surface area contributed by atoms with Crippen LogP contribution in [0, 0.1) is 0 Å². The SMILES string of the molecule is Clc1ccc(COc2cc(Cl)nc(C3CC3)n2)cc1. The molecule has 1 aromatic carbocycles. The molecule has 0 radical (unpaired) electrons. The third kappa shape index (κ3) is 3.37. The lowest BCUT2D eigenvalue weighted by Gasteiger charge is -2.07. The van der Waals surface area contributed by atoms with Crippen molar-refractivity contribution >= 4 is 23.2 Å². The van der Waals surface area contributed by atoms with E-state index in [1.165, 1.54) is 0 Å². The molecule has 0 aliphatic heterocycles. The Kier molecular flexibility index (Phi) is 3.58. The fourth-order valence-corrected chi connectivity index (χ4v) is 2.06. The number of ether oxygens (including phenoxy) is 1. The summed E-state index contributed by atoms with van der Waals surface area (Å²) in [5, 5.41) is 1.15. The second-order valence-corrected chi connectivity index (χ2v) is 5.40. The Morgan fingerprint density at radius 2 is 1.84 bits per heavy atom. The maximum absolute atomic E-state index is 5.98. The first kappa shape index (κ1) is 12.7. The predicted molar refractivity (Wildman–Crippen MR) is 74.8 cm³/mol. The van der Waals surface area contributed by atoms with Crippen LogP contribution in [0.15, 0.2) is 30.3 Å². The Morgan fingerprint density at radius 1 is 1.11 bits per heavy atom. The molecule has 1 heterocycles. The van der Waals surface area contributed by atoms with Crippen LogP contribution in [-0.2, 0) is 6.61 Å². The van der Waals surface area contributed by atoms with Gasteiger partial charge in [0, 0.05) is 17.0 Å². The van der Waals surface area contributed by atoms with E-state index in [0.717, 1.165) is 24.2 Å². The van der Waals surface area contributed by atoms with Gasteiger partial charge in [-0.3, -0.25) is 0 Å². The molecule has 1 saturated carbocycles. The average Bonchev–Trinajstić information content (AvgIpc) is 3.22. The molecule has 1 aromatic heterocycles. The fraction of sp³-hybridized carbons (Fsp3) is 0.286.